The molecule has 8 nitrogen and oxygen atoms in total. The first kappa shape index (κ1) is 15.7. The molecule has 1 unspecified atom stereocenters. The number of nitro benzene ring substituents is 1. The van der Waals surface area contributed by atoms with E-state index in [-0.39, 0.29) is 28.9 Å². The van der Waals surface area contributed by atoms with E-state index in [9.17, 15) is 18.5 Å². The van der Waals surface area contributed by atoms with Gasteiger partial charge in [0.15, 0.2) is 0 Å². The van der Waals surface area contributed by atoms with Crippen molar-refractivity contribution in [3.63, 3.8) is 0 Å². The maximum atomic E-state index is 11.6. The molecule has 0 spiro atoms. The number of sulfonamides is 1. The molecule has 1 aromatic rings. The summed E-state index contributed by atoms with van der Waals surface area (Å²) in [4.78, 5) is 9.79. The van der Waals surface area contributed by atoms with Crippen molar-refractivity contribution < 1.29 is 22.8 Å². The molecule has 1 heterocycles. The van der Waals surface area contributed by atoms with Crippen LogP contribution in [0.4, 0.5) is 5.69 Å². The van der Waals surface area contributed by atoms with E-state index in [4.69, 9.17) is 14.6 Å². The summed E-state index contributed by atoms with van der Waals surface area (Å²) < 4.78 is 34.0. The van der Waals surface area contributed by atoms with Crippen molar-refractivity contribution in [1.29, 1.82) is 0 Å². The fourth-order valence-corrected chi connectivity index (χ4v) is 2.90. The maximum absolute atomic E-state index is 11.6. The van der Waals surface area contributed by atoms with Gasteiger partial charge >= 0.3 is 0 Å². The highest BCUT2D eigenvalue weighted by Crippen LogP contribution is 2.32. The van der Waals surface area contributed by atoms with Crippen LogP contribution in [0.2, 0.25) is 0 Å². The molecule has 21 heavy (non-hydrogen) atoms. The predicted molar refractivity (Wildman–Crippen MR) is 73.6 cm³/mol. The Morgan fingerprint density at radius 1 is 1.52 bits per heavy atom. The molecule has 2 N–H and O–H groups in total. The molecular weight excluding hydrogens is 300 g/mol. The lowest BCUT2D eigenvalue weighted by atomic mass is 10.1. The van der Waals surface area contributed by atoms with Crippen LogP contribution in [0.5, 0.6) is 5.75 Å². The van der Waals surface area contributed by atoms with E-state index in [1.165, 1.54) is 6.07 Å². The average Bonchev–Trinajstić information content (AvgIpc) is 2.88. The van der Waals surface area contributed by atoms with Crippen molar-refractivity contribution in [1.82, 2.24) is 0 Å². The van der Waals surface area contributed by atoms with Crippen LogP contribution in [0.25, 0.3) is 0 Å². The van der Waals surface area contributed by atoms with E-state index in [1.807, 2.05) is 0 Å². The van der Waals surface area contributed by atoms with Gasteiger partial charge < -0.3 is 9.47 Å². The molecule has 0 amide bonds. The topological polar surface area (TPSA) is 122 Å². The third-order valence-corrected chi connectivity index (χ3v) is 4.15. The summed E-state index contributed by atoms with van der Waals surface area (Å²) in [5.41, 5.74) is 0.0141. The fraction of sp³-hybridized carbons (Fsp3) is 0.500. The van der Waals surface area contributed by atoms with Gasteiger partial charge in [0.2, 0.25) is 10.0 Å². The van der Waals surface area contributed by atoms with Crippen LogP contribution in [0.15, 0.2) is 17.0 Å². The van der Waals surface area contributed by atoms with Crippen LogP contribution in [0.3, 0.4) is 0 Å². The maximum Gasteiger partial charge on any atom is 0.271 e. The van der Waals surface area contributed by atoms with Gasteiger partial charge in [0.1, 0.15) is 10.6 Å². The predicted octanol–water partition coefficient (Wildman–Crippen LogP) is 0.966. The highest BCUT2D eigenvalue weighted by Gasteiger charge is 2.24. The fourth-order valence-electron chi connectivity index (χ4n) is 2.14. The zero-order chi connectivity index (χ0) is 15.6. The molecule has 0 bridgehead atoms. The molecule has 1 saturated heterocycles. The Kier molecular flexibility index (Phi) is 4.45. The molecule has 0 saturated carbocycles. The summed E-state index contributed by atoms with van der Waals surface area (Å²) in [5.74, 6) is 0.239. The van der Waals surface area contributed by atoms with Crippen LogP contribution < -0.4 is 9.88 Å². The van der Waals surface area contributed by atoms with E-state index in [2.05, 4.69) is 0 Å². The Bertz CT molecular complexity index is 652. The van der Waals surface area contributed by atoms with Crippen LogP contribution in [-0.2, 0) is 14.8 Å². The molecule has 2 rings (SSSR count). The summed E-state index contributed by atoms with van der Waals surface area (Å²) in [7, 11) is -4.12. The smallest absolute Gasteiger partial charge is 0.271 e. The number of nitrogens with zero attached hydrogens (tertiary/aromatic N) is 1. The van der Waals surface area contributed by atoms with Gasteiger partial charge in [0.05, 0.1) is 18.1 Å². The Balaban J connectivity index is 2.35. The van der Waals surface area contributed by atoms with Gasteiger partial charge in [0.25, 0.3) is 5.69 Å². The minimum absolute atomic E-state index is 0.0648. The normalized spacial score (nSPS) is 18.7. The lowest BCUT2D eigenvalue weighted by Gasteiger charge is -2.15. The third-order valence-electron chi connectivity index (χ3n) is 3.23. The molecule has 1 aliphatic rings. The molecule has 1 aromatic carbocycles. The van der Waals surface area contributed by atoms with Gasteiger partial charge in [-0.2, -0.15) is 0 Å². The molecule has 1 aliphatic heterocycles. The molecule has 1 fully saturated rings. The van der Waals surface area contributed by atoms with Crippen LogP contribution in [0, 0.1) is 23.0 Å². The zero-order valence-corrected chi connectivity index (χ0v) is 12.3. The minimum Gasteiger partial charge on any atom is -0.491 e. The van der Waals surface area contributed by atoms with E-state index in [0.29, 0.717) is 18.8 Å². The number of non-ortho nitro benzene ring substituents is 1. The van der Waals surface area contributed by atoms with E-state index >= 15 is 0 Å². The summed E-state index contributed by atoms with van der Waals surface area (Å²) in [6.45, 7) is 3.02. The molecule has 0 aromatic heterocycles. The van der Waals surface area contributed by atoms with Gasteiger partial charge in [-0.1, -0.05) is 0 Å². The number of aryl methyl sites for hydroxylation is 1. The molecular formula is C12H16N2O6S. The lowest BCUT2D eigenvalue weighted by Crippen LogP contribution is -2.18. The summed E-state index contributed by atoms with van der Waals surface area (Å²) >= 11 is 0. The third kappa shape index (κ3) is 3.69. The van der Waals surface area contributed by atoms with Gasteiger partial charge in [0, 0.05) is 24.7 Å². The van der Waals surface area contributed by atoms with E-state index in [1.54, 1.807) is 6.92 Å². The minimum atomic E-state index is -4.12. The number of nitro groups is 1. The van der Waals surface area contributed by atoms with Gasteiger partial charge in [-0.15, -0.1) is 0 Å². The Morgan fingerprint density at radius 2 is 2.24 bits per heavy atom. The number of benzene rings is 1. The van der Waals surface area contributed by atoms with Crippen molar-refractivity contribution in [2.75, 3.05) is 19.8 Å². The highest BCUT2D eigenvalue weighted by molar-refractivity contribution is 7.89. The largest absolute Gasteiger partial charge is 0.491 e. The number of ether oxygens (including phenoxy) is 2. The number of rotatable bonds is 5. The summed E-state index contributed by atoms with van der Waals surface area (Å²) in [6.07, 6.45) is 0.830. The van der Waals surface area contributed by atoms with Crippen LogP contribution >= 0.6 is 0 Å². The number of hydrogen-bond donors (Lipinski definition) is 1. The van der Waals surface area contributed by atoms with Gasteiger partial charge in [-0.3, -0.25) is 10.1 Å². The second-order valence-electron chi connectivity index (χ2n) is 4.93. The highest BCUT2D eigenvalue weighted by atomic mass is 32.2. The van der Waals surface area contributed by atoms with Crippen LogP contribution in [0.1, 0.15) is 12.0 Å². The van der Waals surface area contributed by atoms with Gasteiger partial charge in [-0.05, 0) is 18.9 Å². The number of primary sulfonamides is 1. The average molecular weight is 316 g/mol. The van der Waals surface area contributed by atoms with E-state index < -0.39 is 14.9 Å². The zero-order valence-electron chi connectivity index (χ0n) is 11.4. The molecule has 116 valence electrons. The molecule has 1 atom stereocenters. The van der Waals surface area contributed by atoms with Crippen molar-refractivity contribution in [2.45, 2.75) is 18.2 Å². The van der Waals surface area contributed by atoms with Crippen LogP contribution in [-0.4, -0.2) is 33.2 Å². The Labute approximate surface area is 122 Å². The second-order valence-corrected chi connectivity index (χ2v) is 6.46. The molecule has 0 radical (unpaired) electrons. The number of hydrogen-bond acceptors (Lipinski definition) is 6. The first-order valence-corrected chi connectivity index (χ1v) is 7.86. The van der Waals surface area contributed by atoms with Gasteiger partial charge in [-0.25, -0.2) is 13.6 Å². The summed E-state index contributed by atoms with van der Waals surface area (Å²) in [5, 5.41) is 15.9. The van der Waals surface area contributed by atoms with Crippen molar-refractivity contribution in [2.24, 2.45) is 11.1 Å². The van der Waals surface area contributed by atoms with Crippen molar-refractivity contribution >= 4 is 15.7 Å². The van der Waals surface area contributed by atoms with Crippen molar-refractivity contribution in [3.8, 4) is 5.75 Å². The first-order valence-electron chi connectivity index (χ1n) is 6.31. The van der Waals surface area contributed by atoms with E-state index in [0.717, 1.165) is 12.5 Å². The summed E-state index contributed by atoms with van der Waals surface area (Å²) in [6, 6.07) is 2.18. The monoisotopic (exact) mass is 316 g/mol. The quantitative estimate of drug-likeness (QED) is 0.638. The molecule has 0 aliphatic carbocycles. The molecule has 9 heteroatoms. The Morgan fingerprint density at radius 3 is 2.76 bits per heavy atom. The Hall–Kier alpha value is -1.71. The SMILES string of the molecule is Cc1cc([N+](=O)[O-])cc(S(N)(=O)=O)c1OCC1CCOC1. The number of nitrogens with two attached hydrogens (primary N) is 1. The lowest BCUT2D eigenvalue weighted by molar-refractivity contribution is -0.385. The second kappa shape index (κ2) is 5.96. The standard InChI is InChI=1S/C12H16N2O6S/c1-8-4-10(14(15)16)5-11(21(13,17)18)12(8)20-7-9-2-3-19-6-9/h4-5,9H,2-3,6-7H2,1H3,(H2,13,17,18). The first-order chi connectivity index (χ1) is 9.79. The van der Waals surface area contributed by atoms with Crippen molar-refractivity contribution in [3.05, 3.63) is 27.8 Å².